The van der Waals surface area contributed by atoms with Crippen LogP contribution >= 0.6 is 0 Å². The Balaban J connectivity index is 2.81. The standard InChI is InChI=1S/C48H87NO9/c1-6-9-12-15-18-19-20-21-22-23-24-25-28-31-44(43(47(51)52)38-41(4)40-56-48(53)57-42-34-35-49(5)39-42)58-45(50)32-33-46(54-36-29-26-16-13-10-7-2)55-37-30-27-17-14-11-8-3/h18-19,21-22,41-44,46H,6-17,20,23-40H2,1-5H3,(H,51,52)/b19-18-,22-21-. The van der Waals surface area contributed by atoms with Crippen LogP contribution in [0.1, 0.15) is 195 Å². The van der Waals surface area contributed by atoms with Crippen molar-refractivity contribution in [2.75, 3.05) is 40.0 Å². The summed E-state index contributed by atoms with van der Waals surface area (Å²) in [5.74, 6) is -2.67. The number of unbranched alkanes of at least 4 members (excludes halogenated alkanes) is 16. The molecule has 1 fully saturated rings. The number of nitrogens with zero attached hydrogens (tertiary/aromatic N) is 1. The Morgan fingerprint density at radius 3 is 1.84 bits per heavy atom. The zero-order valence-electron chi connectivity index (χ0n) is 37.8. The Labute approximate surface area is 354 Å². The Bertz CT molecular complexity index is 1050. The van der Waals surface area contributed by atoms with Gasteiger partial charge in [-0.25, -0.2) is 4.79 Å². The fraction of sp³-hybridized carbons (Fsp3) is 0.854. The maximum atomic E-state index is 13.4. The largest absolute Gasteiger partial charge is 0.508 e. The molecule has 10 nitrogen and oxygen atoms in total. The van der Waals surface area contributed by atoms with Crippen molar-refractivity contribution in [3.63, 3.8) is 0 Å². The zero-order chi connectivity index (χ0) is 42.5. The normalized spacial score (nSPS) is 16.3. The molecule has 0 radical (unpaired) electrons. The number of aliphatic carboxylic acids is 1. The predicted molar refractivity (Wildman–Crippen MR) is 235 cm³/mol. The van der Waals surface area contributed by atoms with E-state index in [0.29, 0.717) is 32.6 Å². The molecular formula is C48H87NO9. The van der Waals surface area contributed by atoms with Gasteiger partial charge in [-0.15, -0.1) is 0 Å². The van der Waals surface area contributed by atoms with Crippen LogP contribution in [0, 0.1) is 11.8 Å². The fourth-order valence-electron chi connectivity index (χ4n) is 7.30. The number of ether oxygens (including phenoxy) is 5. The van der Waals surface area contributed by atoms with Gasteiger partial charge in [0.2, 0.25) is 0 Å². The summed E-state index contributed by atoms with van der Waals surface area (Å²) in [5, 5.41) is 10.4. The number of likely N-dealkylation sites (N-methyl/N-ethyl adjacent to an activating group) is 1. The van der Waals surface area contributed by atoms with E-state index in [1.165, 1.54) is 70.6 Å². The molecule has 1 saturated heterocycles. The molecule has 1 N–H and O–H groups in total. The van der Waals surface area contributed by atoms with Gasteiger partial charge >= 0.3 is 18.1 Å². The van der Waals surface area contributed by atoms with Gasteiger partial charge in [-0.2, -0.15) is 0 Å². The molecule has 0 saturated carbocycles. The SMILES string of the molecule is CCCCC/C=C\C/C=C\CCCCCC(OC(=O)CCC(OCCCCCCCC)OCCCCCCCC)C(CC(C)COC(=O)OC1CCN(C)C1)C(=O)O. The lowest BCUT2D eigenvalue weighted by Gasteiger charge is -2.27. The van der Waals surface area contributed by atoms with Gasteiger partial charge in [-0.1, -0.05) is 135 Å². The van der Waals surface area contributed by atoms with Crippen LogP contribution in [0.3, 0.4) is 0 Å². The molecule has 10 heteroatoms. The summed E-state index contributed by atoms with van der Waals surface area (Å²) in [4.78, 5) is 40.6. The van der Waals surface area contributed by atoms with Gasteiger partial charge in [0.1, 0.15) is 12.2 Å². The number of esters is 1. The van der Waals surface area contributed by atoms with Gasteiger partial charge in [-0.3, -0.25) is 9.59 Å². The van der Waals surface area contributed by atoms with Gasteiger partial charge in [0.25, 0.3) is 0 Å². The molecule has 0 aromatic carbocycles. The van der Waals surface area contributed by atoms with Crippen molar-refractivity contribution in [1.82, 2.24) is 4.90 Å². The maximum absolute atomic E-state index is 13.4. The van der Waals surface area contributed by atoms with Gasteiger partial charge in [0, 0.05) is 32.7 Å². The summed E-state index contributed by atoms with van der Waals surface area (Å²) < 4.78 is 29.2. The lowest BCUT2D eigenvalue weighted by Crippen LogP contribution is -2.35. The Kier molecular flexibility index (Phi) is 34.7. The van der Waals surface area contributed by atoms with Crippen molar-refractivity contribution in [1.29, 1.82) is 0 Å². The molecule has 0 spiro atoms. The third-order valence-electron chi connectivity index (χ3n) is 10.9. The van der Waals surface area contributed by atoms with E-state index in [1.54, 1.807) is 0 Å². The molecule has 0 aromatic heterocycles. The monoisotopic (exact) mass is 822 g/mol. The van der Waals surface area contributed by atoms with Crippen molar-refractivity contribution < 1.29 is 43.2 Å². The molecule has 0 bridgehead atoms. The van der Waals surface area contributed by atoms with Crippen LogP contribution in [-0.4, -0.2) is 86.6 Å². The summed E-state index contributed by atoms with van der Waals surface area (Å²) in [6, 6.07) is 0. The number of carbonyl (C=O) groups is 3. The van der Waals surface area contributed by atoms with Crippen LogP contribution < -0.4 is 0 Å². The number of likely N-dealkylation sites (tertiary alicyclic amines) is 1. The minimum Gasteiger partial charge on any atom is -0.481 e. The minimum atomic E-state index is -1.02. The molecule has 1 aliphatic rings. The number of carboxylic acid groups (broad SMARTS) is 1. The van der Waals surface area contributed by atoms with Crippen LogP contribution in [0.4, 0.5) is 4.79 Å². The highest BCUT2D eigenvalue weighted by Gasteiger charge is 2.33. The number of carbonyl (C=O) groups excluding carboxylic acids is 2. The molecule has 1 rings (SSSR count). The summed E-state index contributed by atoms with van der Waals surface area (Å²) in [7, 11) is 1.98. The second-order valence-electron chi connectivity index (χ2n) is 16.7. The molecule has 0 aliphatic carbocycles. The number of allylic oxidation sites excluding steroid dienone is 4. The fourth-order valence-corrected chi connectivity index (χ4v) is 7.30. The van der Waals surface area contributed by atoms with Crippen LogP contribution in [0.5, 0.6) is 0 Å². The molecule has 0 amide bonds. The third kappa shape index (κ3) is 30.6. The molecule has 4 atom stereocenters. The molecule has 4 unspecified atom stereocenters. The molecule has 1 heterocycles. The second kappa shape index (κ2) is 37.6. The van der Waals surface area contributed by atoms with E-state index in [4.69, 9.17) is 23.7 Å². The van der Waals surface area contributed by atoms with Gasteiger partial charge in [0.15, 0.2) is 6.29 Å². The Morgan fingerprint density at radius 2 is 1.28 bits per heavy atom. The Morgan fingerprint density at radius 1 is 0.724 bits per heavy atom. The summed E-state index contributed by atoms with van der Waals surface area (Å²) in [6.45, 7) is 11.2. The Hall–Kier alpha value is -2.43. The topological polar surface area (TPSA) is 121 Å². The van der Waals surface area contributed by atoms with Crippen molar-refractivity contribution in [3.05, 3.63) is 24.3 Å². The average Bonchev–Trinajstić information content (AvgIpc) is 3.61. The highest BCUT2D eigenvalue weighted by Crippen LogP contribution is 2.25. The first kappa shape index (κ1) is 53.6. The first-order chi connectivity index (χ1) is 28.2. The predicted octanol–water partition coefficient (Wildman–Crippen LogP) is 12.4. The van der Waals surface area contributed by atoms with E-state index in [-0.39, 0.29) is 31.5 Å². The van der Waals surface area contributed by atoms with E-state index in [0.717, 1.165) is 77.2 Å². The first-order valence-electron chi connectivity index (χ1n) is 23.7. The number of carboxylic acids is 1. The summed E-state index contributed by atoms with van der Waals surface area (Å²) in [5.41, 5.74) is 0. The highest BCUT2D eigenvalue weighted by molar-refractivity contribution is 5.73. The second-order valence-corrected chi connectivity index (χ2v) is 16.7. The third-order valence-corrected chi connectivity index (χ3v) is 10.9. The molecule has 1 aliphatic heterocycles. The van der Waals surface area contributed by atoms with Crippen LogP contribution in [0.2, 0.25) is 0 Å². The van der Waals surface area contributed by atoms with E-state index < -0.39 is 36.4 Å². The van der Waals surface area contributed by atoms with Crippen molar-refractivity contribution >= 4 is 18.1 Å². The van der Waals surface area contributed by atoms with Crippen LogP contribution in [0.25, 0.3) is 0 Å². The quantitative estimate of drug-likeness (QED) is 0.0278. The van der Waals surface area contributed by atoms with E-state index in [9.17, 15) is 19.5 Å². The molecule has 338 valence electrons. The molecular weight excluding hydrogens is 735 g/mol. The van der Waals surface area contributed by atoms with E-state index >= 15 is 0 Å². The average molecular weight is 822 g/mol. The summed E-state index contributed by atoms with van der Waals surface area (Å²) in [6.07, 6.45) is 31.9. The van der Waals surface area contributed by atoms with Crippen molar-refractivity contribution in [2.45, 2.75) is 213 Å². The van der Waals surface area contributed by atoms with E-state index in [1.807, 2.05) is 14.0 Å². The summed E-state index contributed by atoms with van der Waals surface area (Å²) >= 11 is 0. The zero-order valence-corrected chi connectivity index (χ0v) is 37.8. The smallest absolute Gasteiger partial charge is 0.481 e. The molecule has 58 heavy (non-hydrogen) atoms. The number of hydrogen-bond donors (Lipinski definition) is 1. The van der Waals surface area contributed by atoms with Gasteiger partial charge in [0.05, 0.1) is 18.9 Å². The lowest BCUT2D eigenvalue weighted by atomic mass is 9.88. The van der Waals surface area contributed by atoms with Crippen molar-refractivity contribution in [3.8, 4) is 0 Å². The number of hydrogen-bond acceptors (Lipinski definition) is 9. The minimum absolute atomic E-state index is 0.0274. The van der Waals surface area contributed by atoms with Gasteiger partial charge in [-0.05, 0) is 83.6 Å². The number of rotatable bonds is 39. The lowest BCUT2D eigenvalue weighted by molar-refractivity contribution is -0.168. The van der Waals surface area contributed by atoms with Crippen LogP contribution in [-0.2, 0) is 33.3 Å². The maximum Gasteiger partial charge on any atom is 0.508 e. The highest BCUT2D eigenvalue weighted by atomic mass is 16.7. The van der Waals surface area contributed by atoms with Gasteiger partial charge < -0.3 is 33.7 Å². The van der Waals surface area contributed by atoms with Crippen molar-refractivity contribution in [2.24, 2.45) is 11.8 Å². The van der Waals surface area contributed by atoms with Crippen LogP contribution in [0.15, 0.2) is 24.3 Å². The first-order valence-corrected chi connectivity index (χ1v) is 23.7. The molecule has 0 aromatic rings. The van der Waals surface area contributed by atoms with E-state index in [2.05, 4.69) is 50.0 Å².